The summed E-state index contributed by atoms with van der Waals surface area (Å²) in [5, 5.41) is 2.36. The molecule has 1 aliphatic carbocycles. The number of allylic oxidation sites excluding steroid dienone is 2. The molecule has 3 heterocycles. The third kappa shape index (κ3) is 13.9. The molecule has 0 aromatic carbocycles. The zero-order valence-corrected chi connectivity index (χ0v) is 28.9. The van der Waals surface area contributed by atoms with Gasteiger partial charge in [0.25, 0.3) is 0 Å². The van der Waals surface area contributed by atoms with E-state index in [1.54, 1.807) is 7.11 Å². The number of aromatic nitrogens is 2. The summed E-state index contributed by atoms with van der Waals surface area (Å²) >= 11 is 0. The van der Waals surface area contributed by atoms with Gasteiger partial charge in [0.15, 0.2) is 0 Å². The van der Waals surface area contributed by atoms with E-state index in [2.05, 4.69) is 39.3 Å². The molecule has 2 fully saturated rings. The van der Waals surface area contributed by atoms with Crippen LogP contribution in [0.3, 0.4) is 0 Å². The van der Waals surface area contributed by atoms with Crippen LogP contribution in [0, 0.1) is 5.92 Å². The molecule has 0 spiro atoms. The quantitative estimate of drug-likeness (QED) is 0.0584. The van der Waals surface area contributed by atoms with Gasteiger partial charge in [-0.25, -0.2) is 0 Å². The van der Waals surface area contributed by atoms with E-state index in [1.165, 1.54) is 120 Å². The van der Waals surface area contributed by atoms with E-state index in [0.29, 0.717) is 24.9 Å². The summed E-state index contributed by atoms with van der Waals surface area (Å²) in [5.74, 6) is 0.485. The SMILES string of the molecule is COCO[C@@H]1CC[C@@H]2[C@H]1[C@H](CCCCCCCCc1cccnc1)ON2CCCCC/C=C\CCCCCCCc1cccnc1. The van der Waals surface area contributed by atoms with Crippen molar-refractivity contribution in [2.24, 2.45) is 5.92 Å². The molecule has 6 nitrogen and oxygen atoms in total. The number of hydrogen-bond acceptors (Lipinski definition) is 6. The van der Waals surface area contributed by atoms with E-state index in [0.717, 1.165) is 32.2 Å². The van der Waals surface area contributed by atoms with Crippen LogP contribution < -0.4 is 0 Å². The molecule has 2 aromatic heterocycles. The first-order chi connectivity index (χ1) is 22.8. The molecule has 0 amide bonds. The maximum Gasteiger partial charge on any atom is 0.146 e. The molecule has 2 aliphatic rings. The van der Waals surface area contributed by atoms with Crippen molar-refractivity contribution in [3.63, 3.8) is 0 Å². The van der Waals surface area contributed by atoms with Crippen LogP contribution in [0.5, 0.6) is 0 Å². The van der Waals surface area contributed by atoms with Crippen LogP contribution in [0.2, 0.25) is 0 Å². The Balaban J connectivity index is 1.02. The van der Waals surface area contributed by atoms with Gasteiger partial charge in [-0.1, -0.05) is 82.1 Å². The lowest BCUT2D eigenvalue weighted by Crippen LogP contribution is -2.33. The molecule has 6 heteroatoms. The molecule has 46 heavy (non-hydrogen) atoms. The van der Waals surface area contributed by atoms with Crippen LogP contribution in [-0.2, 0) is 27.2 Å². The zero-order valence-electron chi connectivity index (χ0n) is 28.9. The maximum atomic E-state index is 6.65. The van der Waals surface area contributed by atoms with E-state index >= 15 is 0 Å². The van der Waals surface area contributed by atoms with E-state index in [-0.39, 0.29) is 6.10 Å². The minimum absolute atomic E-state index is 0.268. The molecule has 2 aromatic rings. The minimum atomic E-state index is 0.268. The van der Waals surface area contributed by atoms with Gasteiger partial charge in [-0.05, 0) is 100 Å². The highest BCUT2D eigenvalue weighted by Crippen LogP contribution is 2.43. The van der Waals surface area contributed by atoms with Crippen LogP contribution in [0.1, 0.15) is 133 Å². The topological polar surface area (TPSA) is 56.7 Å². The average molecular weight is 634 g/mol. The van der Waals surface area contributed by atoms with Crippen molar-refractivity contribution in [1.82, 2.24) is 15.0 Å². The predicted molar refractivity (Wildman–Crippen MR) is 188 cm³/mol. The number of fused-ring (bicyclic) bond motifs is 1. The Hall–Kier alpha value is -2.12. The monoisotopic (exact) mass is 633 g/mol. The van der Waals surface area contributed by atoms with Gasteiger partial charge in [0, 0.05) is 50.4 Å². The van der Waals surface area contributed by atoms with Crippen LogP contribution >= 0.6 is 0 Å². The highest BCUT2D eigenvalue weighted by Gasteiger charge is 2.50. The summed E-state index contributed by atoms with van der Waals surface area (Å²) in [6.45, 7) is 1.44. The molecule has 1 aliphatic heterocycles. The number of ether oxygens (including phenoxy) is 2. The lowest BCUT2D eigenvalue weighted by Gasteiger charge is -2.23. The van der Waals surface area contributed by atoms with Crippen molar-refractivity contribution < 1.29 is 14.3 Å². The number of nitrogens with zero attached hydrogens (tertiary/aromatic N) is 3. The van der Waals surface area contributed by atoms with Gasteiger partial charge in [-0.2, -0.15) is 5.06 Å². The third-order valence-corrected chi connectivity index (χ3v) is 9.99. The van der Waals surface area contributed by atoms with Gasteiger partial charge in [0.2, 0.25) is 0 Å². The molecule has 1 saturated heterocycles. The molecule has 1 saturated carbocycles. The minimum Gasteiger partial charge on any atom is -0.359 e. The van der Waals surface area contributed by atoms with E-state index in [9.17, 15) is 0 Å². The molecule has 4 rings (SSSR count). The van der Waals surface area contributed by atoms with Gasteiger partial charge in [-0.3, -0.25) is 14.8 Å². The number of pyridine rings is 2. The van der Waals surface area contributed by atoms with Gasteiger partial charge in [0.05, 0.1) is 12.2 Å². The van der Waals surface area contributed by atoms with Gasteiger partial charge in [-0.15, -0.1) is 0 Å². The first-order valence-electron chi connectivity index (χ1n) is 18.8. The fourth-order valence-electron chi connectivity index (χ4n) is 7.46. The molecule has 0 N–H and O–H groups in total. The van der Waals surface area contributed by atoms with Crippen molar-refractivity contribution in [2.45, 2.75) is 153 Å². The Labute approximate surface area is 280 Å². The molecule has 256 valence electrons. The lowest BCUT2D eigenvalue weighted by molar-refractivity contribution is -0.172. The van der Waals surface area contributed by atoms with Gasteiger partial charge < -0.3 is 9.47 Å². The maximum absolute atomic E-state index is 6.65. The van der Waals surface area contributed by atoms with Gasteiger partial charge >= 0.3 is 0 Å². The summed E-state index contributed by atoms with van der Waals surface area (Å²) in [6, 6.07) is 8.96. The van der Waals surface area contributed by atoms with E-state index in [1.807, 2.05) is 36.9 Å². The Morgan fingerprint density at radius 2 is 1.33 bits per heavy atom. The normalized spacial score (nSPS) is 21.4. The fraction of sp³-hybridized carbons (Fsp3) is 0.700. The largest absolute Gasteiger partial charge is 0.359 e. The molecular weight excluding hydrogens is 570 g/mol. The highest BCUT2D eigenvalue weighted by atomic mass is 16.7. The van der Waals surface area contributed by atoms with Gasteiger partial charge in [0.1, 0.15) is 6.79 Å². The fourth-order valence-corrected chi connectivity index (χ4v) is 7.46. The van der Waals surface area contributed by atoms with Crippen molar-refractivity contribution in [3.05, 3.63) is 72.3 Å². The standard InChI is InChI=1S/C40H63N3O3/c1-44-34-45-38-28-27-37-40(38)39(26-18-14-10-9-13-17-23-36-25-21-30-42-33-36)46-43(37)31-19-15-11-7-5-3-2-4-6-8-12-16-22-35-24-20-29-41-32-35/h3,5,20-21,24-25,29-30,32-33,37-40H,2,4,6-19,22-23,26-28,31,34H2,1H3/b5-3-/t37-,38-,39+,40-/m1/s1. The van der Waals surface area contributed by atoms with Crippen LogP contribution in [0.4, 0.5) is 0 Å². The summed E-state index contributed by atoms with van der Waals surface area (Å²) in [4.78, 5) is 15.1. The summed E-state index contributed by atoms with van der Waals surface area (Å²) in [7, 11) is 1.72. The average Bonchev–Trinajstić information content (AvgIpc) is 3.67. The molecule has 0 unspecified atom stereocenters. The van der Waals surface area contributed by atoms with Crippen LogP contribution in [-0.4, -0.2) is 53.7 Å². The number of hydrogen-bond donors (Lipinski definition) is 0. The predicted octanol–water partition coefficient (Wildman–Crippen LogP) is 9.83. The van der Waals surface area contributed by atoms with Crippen LogP contribution in [0.25, 0.3) is 0 Å². The third-order valence-electron chi connectivity index (χ3n) is 9.99. The molecule has 4 atom stereocenters. The molecule has 0 bridgehead atoms. The number of methoxy groups -OCH3 is 1. The van der Waals surface area contributed by atoms with Crippen molar-refractivity contribution in [2.75, 3.05) is 20.4 Å². The first-order valence-corrected chi connectivity index (χ1v) is 18.8. The van der Waals surface area contributed by atoms with Crippen molar-refractivity contribution >= 4 is 0 Å². The number of rotatable bonds is 26. The first kappa shape index (κ1) is 36.7. The number of hydroxylamine groups is 2. The molecule has 0 radical (unpaired) electrons. The zero-order chi connectivity index (χ0) is 31.9. The van der Waals surface area contributed by atoms with Crippen LogP contribution in [0.15, 0.2) is 61.2 Å². The summed E-state index contributed by atoms with van der Waals surface area (Å²) < 4.78 is 11.4. The van der Waals surface area contributed by atoms with Crippen molar-refractivity contribution in [3.8, 4) is 0 Å². The van der Waals surface area contributed by atoms with Crippen molar-refractivity contribution in [1.29, 1.82) is 0 Å². The Morgan fingerprint density at radius 1 is 0.739 bits per heavy atom. The summed E-state index contributed by atoms with van der Waals surface area (Å²) in [5.41, 5.74) is 2.73. The Bertz CT molecular complexity index is 1040. The van der Waals surface area contributed by atoms with E-state index < -0.39 is 0 Å². The lowest BCUT2D eigenvalue weighted by atomic mass is 9.92. The highest BCUT2D eigenvalue weighted by molar-refractivity contribution is 5.09. The Kier molecular flexibility index (Phi) is 18.6. The second-order valence-electron chi connectivity index (χ2n) is 13.6. The second-order valence-corrected chi connectivity index (χ2v) is 13.6. The Morgan fingerprint density at radius 3 is 1.93 bits per heavy atom. The summed E-state index contributed by atoms with van der Waals surface area (Å²) in [6.07, 6.45) is 39.5. The number of unbranched alkanes of at least 4 members (excludes halogenated alkanes) is 13. The smallest absolute Gasteiger partial charge is 0.146 e. The number of aryl methyl sites for hydroxylation is 2. The molecular formula is C40H63N3O3. The van der Waals surface area contributed by atoms with E-state index in [4.69, 9.17) is 14.3 Å². The second kappa shape index (κ2) is 23.2.